The molecule has 0 radical (unpaired) electrons. The Morgan fingerprint density at radius 2 is 0.889 bits per heavy atom. The molecule has 0 heteroatoms. The maximum atomic E-state index is 4.00. The van der Waals surface area contributed by atoms with Crippen molar-refractivity contribution >= 4 is 0 Å². The van der Waals surface area contributed by atoms with Crippen molar-refractivity contribution in [2.45, 2.75) is 47.0 Å². The van der Waals surface area contributed by atoms with Crippen LogP contribution in [0.1, 0.15) is 47.0 Å². The first-order valence-corrected chi connectivity index (χ1v) is 3.66. The monoisotopic (exact) mass is 128 g/mol. The van der Waals surface area contributed by atoms with Crippen LogP contribution in [0.5, 0.6) is 0 Å². The number of unbranched alkanes of at least 4 members (excludes halogenated alkanes) is 1. The van der Waals surface area contributed by atoms with Gasteiger partial charge in [0.1, 0.15) is 0 Å². The van der Waals surface area contributed by atoms with Crippen molar-refractivity contribution in [3.63, 3.8) is 0 Å². The first-order chi connectivity index (χ1) is 4.33. The first kappa shape index (κ1) is 15.8. The first-order valence-electron chi connectivity index (χ1n) is 3.66. The number of hydrogen-bond donors (Lipinski definition) is 0. The normalized spacial score (nSPS) is 5.56. The average molecular weight is 128 g/mol. The summed E-state index contributed by atoms with van der Waals surface area (Å²) in [4.78, 5) is 0. The molecule has 0 aliphatic rings. The van der Waals surface area contributed by atoms with Gasteiger partial charge in [-0.2, -0.15) is 0 Å². The van der Waals surface area contributed by atoms with Crippen LogP contribution >= 0.6 is 0 Å². The van der Waals surface area contributed by atoms with Crippen LogP contribution in [0.25, 0.3) is 0 Å². The van der Waals surface area contributed by atoms with Crippen LogP contribution in [-0.4, -0.2) is 0 Å². The lowest BCUT2D eigenvalue weighted by Crippen LogP contribution is -1.47. The molecule has 0 fully saturated rings. The molecule has 9 heavy (non-hydrogen) atoms. The SMILES string of the molecule is C#C.CCC.CCCC. The minimum Gasteiger partial charge on any atom is -0.124 e. The molecular weight excluding hydrogens is 108 g/mol. The van der Waals surface area contributed by atoms with E-state index in [-0.39, 0.29) is 0 Å². The predicted octanol–water partition coefficient (Wildman–Crippen LogP) is 3.47. The molecule has 0 saturated carbocycles. The Bertz CT molecular complexity index is 24.3. The van der Waals surface area contributed by atoms with Gasteiger partial charge in [-0.05, 0) is 0 Å². The van der Waals surface area contributed by atoms with E-state index in [0.717, 1.165) is 0 Å². The van der Waals surface area contributed by atoms with Gasteiger partial charge in [-0.25, -0.2) is 0 Å². The van der Waals surface area contributed by atoms with E-state index in [4.69, 9.17) is 0 Å². The van der Waals surface area contributed by atoms with E-state index in [1.165, 1.54) is 19.3 Å². The van der Waals surface area contributed by atoms with Crippen LogP contribution in [0, 0.1) is 12.8 Å². The van der Waals surface area contributed by atoms with Gasteiger partial charge in [-0.3, -0.25) is 0 Å². The summed E-state index contributed by atoms with van der Waals surface area (Å²) in [5.74, 6) is 0. The van der Waals surface area contributed by atoms with Gasteiger partial charge in [0, 0.05) is 0 Å². The Balaban J connectivity index is -0.0000000646. The van der Waals surface area contributed by atoms with Gasteiger partial charge in [0.15, 0.2) is 0 Å². The van der Waals surface area contributed by atoms with Crippen molar-refractivity contribution in [3.05, 3.63) is 0 Å². The van der Waals surface area contributed by atoms with E-state index in [0.29, 0.717) is 0 Å². The second-order valence-electron chi connectivity index (χ2n) is 1.71. The zero-order valence-electron chi connectivity index (χ0n) is 7.28. The fourth-order valence-electron chi connectivity index (χ4n) is 0. The second kappa shape index (κ2) is 49.6. The molecule has 0 heterocycles. The molecule has 0 atom stereocenters. The van der Waals surface area contributed by atoms with E-state index in [9.17, 15) is 0 Å². The zero-order chi connectivity index (χ0) is 8.12. The van der Waals surface area contributed by atoms with E-state index in [1.807, 2.05) is 0 Å². The maximum absolute atomic E-state index is 4.00. The van der Waals surface area contributed by atoms with Crippen molar-refractivity contribution in [1.29, 1.82) is 0 Å². The van der Waals surface area contributed by atoms with Crippen LogP contribution in [0.4, 0.5) is 0 Å². The number of rotatable bonds is 1. The zero-order valence-corrected chi connectivity index (χ0v) is 7.28. The topological polar surface area (TPSA) is 0 Å². The third-order valence-corrected chi connectivity index (χ3v) is 0.500. The Kier molecular flexibility index (Phi) is 87.3. The van der Waals surface area contributed by atoms with Crippen molar-refractivity contribution in [2.75, 3.05) is 0 Å². The molecule has 0 unspecified atom stereocenters. The minimum absolute atomic E-state index is 1.25. The molecule has 0 rings (SSSR count). The highest BCUT2D eigenvalue weighted by atomic mass is 13.6. The van der Waals surface area contributed by atoms with Gasteiger partial charge in [0.25, 0.3) is 0 Å². The van der Waals surface area contributed by atoms with Gasteiger partial charge >= 0.3 is 0 Å². The minimum atomic E-state index is 1.25. The predicted molar refractivity (Wildman–Crippen MR) is 46.4 cm³/mol. The molecule has 0 aliphatic heterocycles. The highest BCUT2D eigenvalue weighted by Gasteiger charge is 1.56. The van der Waals surface area contributed by atoms with E-state index in [1.54, 1.807) is 0 Å². The fourth-order valence-corrected chi connectivity index (χ4v) is 0. The molecule has 56 valence electrons. The lowest BCUT2D eigenvalue weighted by Gasteiger charge is -1.68. The van der Waals surface area contributed by atoms with Gasteiger partial charge in [-0.1, -0.05) is 47.0 Å². The van der Waals surface area contributed by atoms with Crippen molar-refractivity contribution in [3.8, 4) is 12.8 Å². The molecule has 0 bridgehead atoms. The van der Waals surface area contributed by atoms with Crippen molar-refractivity contribution < 1.29 is 0 Å². The summed E-state index contributed by atoms with van der Waals surface area (Å²) in [6, 6.07) is 0. The largest absolute Gasteiger partial charge is 0.124 e. The van der Waals surface area contributed by atoms with E-state index < -0.39 is 0 Å². The van der Waals surface area contributed by atoms with Gasteiger partial charge in [0.2, 0.25) is 0 Å². The summed E-state index contributed by atoms with van der Waals surface area (Å²) in [5, 5.41) is 0. The summed E-state index contributed by atoms with van der Waals surface area (Å²) in [6.07, 6.45) is 11.9. The molecule has 0 saturated heterocycles. The van der Waals surface area contributed by atoms with Crippen LogP contribution in [0.3, 0.4) is 0 Å². The summed E-state index contributed by atoms with van der Waals surface area (Å²) in [5.41, 5.74) is 0. The molecule has 0 aromatic heterocycles. The standard InChI is InChI=1S/C4H10.C3H8.C2H2/c1-3-4-2;1-3-2;1-2/h3-4H2,1-2H3;3H2,1-2H3;1-2H. The third-order valence-electron chi connectivity index (χ3n) is 0.500. The second-order valence-corrected chi connectivity index (χ2v) is 1.71. The summed E-state index contributed by atoms with van der Waals surface area (Å²) in [6.45, 7) is 8.61. The smallest absolute Gasteiger partial charge is 0.0564 e. The Hall–Kier alpha value is -0.440. The fraction of sp³-hybridized carbons (Fsp3) is 0.778. The molecule has 0 nitrogen and oxygen atoms in total. The molecule has 0 amide bonds. The lowest BCUT2D eigenvalue weighted by atomic mass is 10.4. The molecule has 0 aromatic rings. The molecule has 0 N–H and O–H groups in total. The lowest BCUT2D eigenvalue weighted by molar-refractivity contribution is 0.886. The highest BCUT2D eigenvalue weighted by molar-refractivity contribution is 4.47. The van der Waals surface area contributed by atoms with Crippen LogP contribution in [0.2, 0.25) is 0 Å². The number of hydrogen-bond acceptors (Lipinski definition) is 0. The molecular formula is C9H20. The molecule has 0 aromatic carbocycles. The van der Waals surface area contributed by atoms with Crippen molar-refractivity contribution in [2.24, 2.45) is 0 Å². The van der Waals surface area contributed by atoms with Gasteiger partial charge < -0.3 is 0 Å². The quantitative estimate of drug-likeness (QED) is 0.474. The average Bonchev–Trinajstić information content (AvgIpc) is 1.94. The summed E-state index contributed by atoms with van der Waals surface area (Å²) < 4.78 is 0. The highest BCUT2D eigenvalue weighted by Crippen LogP contribution is 1.76. The van der Waals surface area contributed by atoms with Crippen LogP contribution in [0.15, 0.2) is 0 Å². The molecule has 0 spiro atoms. The Morgan fingerprint density at radius 3 is 0.889 bits per heavy atom. The Labute approximate surface area is 60.7 Å². The van der Waals surface area contributed by atoms with Crippen LogP contribution in [-0.2, 0) is 0 Å². The van der Waals surface area contributed by atoms with Crippen molar-refractivity contribution in [1.82, 2.24) is 0 Å². The van der Waals surface area contributed by atoms with Gasteiger partial charge in [0.05, 0.1) is 0 Å². The van der Waals surface area contributed by atoms with E-state index >= 15 is 0 Å². The van der Waals surface area contributed by atoms with E-state index in [2.05, 4.69) is 40.5 Å². The summed E-state index contributed by atoms with van der Waals surface area (Å²) >= 11 is 0. The Morgan fingerprint density at radius 1 is 0.778 bits per heavy atom. The third kappa shape index (κ3) is 745. The number of terminal acetylenes is 1. The van der Waals surface area contributed by atoms with Gasteiger partial charge in [-0.15, -0.1) is 12.8 Å². The molecule has 0 aliphatic carbocycles. The van der Waals surface area contributed by atoms with Crippen LogP contribution < -0.4 is 0 Å². The maximum Gasteiger partial charge on any atom is -0.0564 e. The summed E-state index contributed by atoms with van der Waals surface area (Å²) in [7, 11) is 0.